The van der Waals surface area contributed by atoms with Crippen molar-refractivity contribution < 1.29 is 0 Å². The summed E-state index contributed by atoms with van der Waals surface area (Å²) in [4.78, 5) is 0. The Hall–Kier alpha value is -1.78. The van der Waals surface area contributed by atoms with Crippen molar-refractivity contribution in [2.45, 2.75) is 20.4 Å². The first kappa shape index (κ1) is 10.7. The summed E-state index contributed by atoms with van der Waals surface area (Å²) in [6.45, 7) is 4.86. The molecule has 2 aromatic heterocycles. The molecule has 0 aliphatic rings. The predicted molar refractivity (Wildman–Crippen MR) is 63.2 cm³/mol. The normalized spacial score (nSPS) is 10.8. The van der Waals surface area contributed by atoms with Crippen molar-refractivity contribution in [2.75, 3.05) is 5.32 Å². The van der Waals surface area contributed by atoms with Crippen LogP contribution in [0.4, 0.5) is 5.82 Å². The molecule has 16 heavy (non-hydrogen) atoms. The van der Waals surface area contributed by atoms with E-state index < -0.39 is 0 Å². The summed E-state index contributed by atoms with van der Waals surface area (Å²) in [5.74, 6) is 0.933. The zero-order valence-electron chi connectivity index (χ0n) is 10.2. The fourth-order valence-electron chi connectivity index (χ4n) is 1.78. The molecule has 0 radical (unpaired) electrons. The lowest BCUT2D eigenvalue weighted by Gasteiger charge is -2.06. The van der Waals surface area contributed by atoms with Crippen LogP contribution in [0.25, 0.3) is 0 Å². The van der Waals surface area contributed by atoms with E-state index in [4.69, 9.17) is 0 Å². The highest BCUT2D eigenvalue weighted by molar-refractivity contribution is 5.42. The first-order chi connectivity index (χ1) is 7.58. The van der Waals surface area contributed by atoms with Gasteiger partial charge in [-0.05, 0) is 19.4 Å². The Morgan fingerprint density at radius 3 is 2.50 bits per heavy atom. The molecule has 0 aliphatic heterocycles. The first-order valence-electron chi connectivity index (χ1n) is 5.29. The molecular weight excluding hydrogens is 202 g/mol. The number of aryl methyl sites for hydroxylation is 4. The van der Waals surface area contributed by atoms with Crippen LogP contribution in [-0.4, -0.2) is 19.6 Å². The van der Waals surface area contributed by atoms with Crippen molar-refractivity contribution in [2.24, 2.45) is 14.1 Å². The predicted octanol–water partition coefficient (Wildman–Crippen LogP) is 1.38. The molecule has 5 heteroatoms. The molecule has 0 amide bonds. The molecule has 5 nitrogen and oxygen atoms in total. The molecule has 2 rings (SSSR count). The standard InChI is InChI=1S/C11H17N5/c1-8-5-13-16(4)10(8)6-12-11-9(2)7-15(3)14-11/h5,7H,6H2,1-4H3,(H,12,14). The van der Waals surface area contributed by atoms with E-state index in [1.807, 2.05) is 42.8 Å². The average molecular weight is 219 g/mol. The van der Waals surface area contributed by atoms with Gasteiger partial charge in [0, 0.05) is 25.9 Å². The van der Waals surface area contributed by atoms with Crippen LogP contribution in [0.1, 0.15) is 16.8 Å². The molecule has 0 aromatic carbocycles. The van der Waals surface area contributed by atoms with Gasteiger partial charge in [-0.25, -0.2) is 0 Å². The second kappa shape index (κ2) is 4.00. The van der Waals surface area contributed by atoms with Crippen molar-refractivity contribution in [1.29, 1.82) is 0 Å². The minimum atomic E-state index is 0.750. The van der Waals surface area contributed by atoms with Crippen molar-refractivity contribution in [3.8, 4) is 0 Å². The van der Waals surface area contributed by atoms with E-state index in [-0.39, 0.29) is 0 Å². The maximum absolute atomic E-state index is 4.34. The van der Waals surface area contributed by atoms with Crippen LogP contribution < -0.4 is 5.32 Å². The number of anilines is 1. The third-order valence-electron chi connectivity index (χ3n) is 2.71. The molecule has 0 atom stereocenters. The van der Waals surface area contributed by atoms with Gasteiger partial charge in [0.15, 0.2) is 5.82 Å². The molecule has 0 aliphatic carbocycles. The van der Waals surface area contributed by atoms with Gasteiger partial charge in [-0.15, -0.1) is 0 Å². The minimum Gasteiger partial charge on any atom is -0.363 e. The maximum atomic E-state index is 4.34. The van der Waals surface area contributed by atoms with Gasteiger partial charge >= 0.3 is 0 Å². The van der Waals surface area contributed by atoms with Crippen LogP contribution in [0.5, 0.6) is 0 Å². The Labute approximate surface area is 95.1 Å². The fraction of sp³-hybridized carbons (Fsp3) is 0.455. The minimum absolute atomic E-state index is 0.750. The molecule has 0 bridgehead atoms. The van der Waals surface area contributed by atoms with Gasteiger partial charge in [0.05, 0.1) is 18.4 Å². The summed E-state index contributed by atoms with van der Waals surface area (Å²) in [6, 6.07) is 0. The smallest absolute Gasteiger partial charge is 0.151 e. The van der Waals surface area contributed by atoms with Gasteiger partial charge in [-0.2, -0.15) is 10.2 Å². The molecule has 0 saturated heterocycles. The molecule has 0 fully saturated rings. The molecular formula is C11H17N5. The second-order valence-electron chi connectivity index (χ2n) is 4.09. The summed E-state index contributed by atoms with van der Waals surface area (Å²) in [5, 5.41) is 11.9. The van der Waals surface area contributed by atoms with Gasteiger partial charge in [0.2, 0.25) is 0 Å². The van der Waals surface area contributed by atoms with Gasteiger partial charge < -0.3 is 5.32 Å². The van der Waals surface area contributed by atoms with Crippen LogP contribution in [0.15, 0.2) is 12.4 Å². The quantitative estimate of drug-likeness (QED) is 0.848. The molecule has 86 valence electrons. The van der Waals surface area contributed by atoms with Crippen molar-refractivity contribution >= 4 is 5.82 Å². The number of aromatic nitrogens is 4. The van der Waals surface area contributed by atoms with Crippen LogP contribution in [-0.2, 0) is 20.6 Å². The van der Waals surface area contributed by atoms with E-state index in [2.05, 4.69) is 22.4 Å². The lowest BCUT2D eigenvalue weighted by atomic mass is 10.2. The Bertz CT molecular complexity index is 475. The monoisotopic (exact) mass is 219 g/mol. The largest absolute Gasteiger partial charge is 0.363 e. The highest BCUT2D eigenvalue weighted by Crippen LogP contribution is 2.13. The Kier molecular flexibility index (Phi) is 2.68. The SMILES string of the molecule is Cc1cn(C)nc1NCc1c(C)cnn1C. The fourth-order valence-corrected chi connectivity index (χ4v) is 1.78. The van der Waals surface area contributed by atoms with Crippen LogP contribution in [0.3, 0.4) is 0 Å². The number of hydrogen-bond acceptors (Lipinski definition) is 3. The van der Waals surface area contributed by atoms with Crippen molar-refractivity contribution in [3.63, 3.8) is 0 Å². The summed E-state index contributed by atoms with van der Waals surface area (Å²) in [6.07, 6.45) is 3.88. The third kappa shape index (κ3) is 1.93. The highest BCUT2D eigenvalue weighted by atomic mass is 15.3. The van der Waals surface area contributed by atoms with Crippen molar-refractivity contribution in [1.82, 2.24) is 19.6 Å². The van der Waals surface area contributed by atoms with E-state index in [1.165, 1.54) is 11.3 Å². The van der Waals surface area contributed by atoms with Crippen molar-refractivity contribution in [3.05, 3.63) is 29.2 Å². The van der Waals surface area contributed by atoms with E-state index in [1.54, 1.807) is 0 Å². The molecule has 1 N–H and O–H groups in total. The highest BCUT2D eigenvalue weighted by Gasteiger charge is 2.06. The zero-order chi connectivity index (χ0) is 11.7. The first-order valence-corrected chi connectivity index (χ1v) is 5.29. The van der Waals surface area contributed by atoms with Crippen LogP contribution in [0.2, 0.25) is 0 Å². The zero-order valence-corrected chi connectivity index (χ0v) is 10.2. The van der Waals surface area contributed by atoms with Gasteiger partial charge in [-0.1, -0.05) is 0 Å². The number of hydrogen-bond donors (Lipinski definition) is 1. The van der Waals surface area contributed by atoms with Crippen LogP contribution in [0, 0.1) is 13.8 Å². The van der Waals surface area contributed by atoms with Gasteiger partial charge in [-0.3, -0.25) is 9.36 Å². The number of rotatable bonds is 3. The second-order valence-corrected chi connectivity index (χ2v) is 4.09. The molecule has 2 aromatic rings. The molecule has 0 saturated carbocycles. The van der Waals surface area contributed by atoms with Gasteiger partial charge in [0.1, 0.15) is 0 Å². The topological polar surface area (TPSA) is 47.7 Å². The maximum Gasteiger partial charge on any atom is 0.151 e. The Balaban J connectivity index is 2.11. The lowest BCUT2D eigenvalue weighted by molar-refractivity contribution is 0.715. The third-order valence-corrected chi connectivity index (χ3v) is 2.71. The number of nitrogens with zero attached hydrogens (tertiary/aromatic N) is 4. The summed E-state index contributed by atoms with van der Waals surface area (Å²) in [5.41, 5.74) is 3.54. The Morgan fingerprint density at radius 1 is 1.25 bits per heavy atom. The van der Waals surface area contributed by atoms with E-state index >= 15 is 0 Å². The molecule has 0 unspecified atom stereocenters. The molecule has 2 heterocycles. The van der Waals surface area contributed by atoms with E-state index in [9.17, 15) is 0 Å². The summed E-state index contributed by atoms with van der Waals surface area (Å²) < 4.78 is 3.70. The van der Waals surface area contributed by atoms with Gasteiger partial charge in [0.25, 0.3) is 0 Å². The van der Waals surface area contributed by atoms with E-state index in [0.29, 0.717) is 0 Å². The number of nitrogens with one attached hydrogen (secondary N) is 1. The van der Waals surface area contributed by atoms with E-state index in [0.717, 1.165) is 17.9 Å². The lowest BCUT2D eigenvalue weighted by Crippen LogP contribution is -2.07. The summed E-state index contributed by atoms with van der Waals surface area (Å²) >= 11 is 0. The molecule has 0 spiro atoms. The summed E-state index contributed by atoms with van der Waals surface area (Å²) in [7, 11) is 3.88. The van der Waals surface area contributed by atoms with Crippen LogP contribution >= 0.6 is 0 Å². The Morgan fingerprint density at radius 2 is 2.00 bits per heavy atom. The average Bonchev–Trinajstić information content (AvgIpc) is 2.69.